The number of benzene rings is 1. The van der Waals surface area contributed by atoms with E-state index >= 15 is 0 Å². The first-order valence-electron chi connectivity index (χ1n) is 3.88. The van der Waals surface area contributed by atoms with Crippen molar-refractivity contribution < 1.29 is 7.48 Å². The molecule has 1 rings (SSSR count). The first kappa shape index (κ1) is 10.4. The molecule has 0 amide bonds. The molecular weight excluding hydrogens is 356 g/mol. The summed E-state index contributed by atoms with van der Waals surface area (Å²) < 4.78 is 5.05. The number of hydrogen-bond acceptors (Lipinski definition) is 2. The van der Waals surface area contributed by atoms with Gasteiger partial charge in [-0.15, -0.1) is 0 Å². The molecule has 0 saturated carbocycles. The summed E-state index contributed by atoms with van der Waals surface area (Å²) in [5.41, 5.74) is 0.698. The molecule has 2 nitrogen and oxygen atoms in total. The van der Waals surface area contributed by atoms with Crippen molar-refractivity contribution >= 4 is 32.0 Å². The zero-order chi connectivity index (χ0) is 9.68. The van der Waals surface area contributed by atoms with Crippen LogP contribution >= 0.6 is 0 Å². The Kier molecular flexibility index (Phi) is 4.14. The van der Waals surface area contributed by atoms with E-state index in [1.165, 1.54) is 6.08 Å². The SMILES string of the molecule is CC(=CC(=O)c1ccccc1)[O][Tl]. The van der Waals surface area contributed by atoms with E-state index in [0.717, 1.165) is 0 Å². The molecule has 1 aromatic rings. The van der Waals surface area contributed by atoms with E-state index in [0.29, 0.717) is 37.5 Å². The molecular formula is C10H9O2Tl. The molecule has 0 heterocycles. The number of rotatable bonds is 3. The van der Waals surface area contributed by atoms with Gasteiger partial charge in [0.15, 0.2) is 0 Å². The van der Waals surface area contributed by atoms with E-state index in [-0.39, 0.29) is 5.78 Å². The summed E-state index contributed by atoms with van der Waals surface area (Å²) in [6.45, 7) is 1.79. The summed E-state index contributed by atoms with van der Waals surface area (Å²) in [5.74, 6) is 0.692. The second kappa shape index (κ2) is 5.16. The third-order valence-corrected chi connectivity index (χ3v) is 3.02. The molecule has 0 fully saturated rings. The van der Waals surface area contributed by atoms with Gasteiger partial charge in [-0.05, 0) is 0 Å². The Morgan fingerprint density at radius 1 is 1.38 bits per heavy atom. The summed E-state index contributed by atoms with van der Waals surface area (Å²) in [5, 5.41) is 0. The second-order valence-corrected chi connectivity index (χ2v) is 3.52. The van der Waals surface area contributed by atoms with Gasteiger partial charge in [0.05, 0.1) is 0 Å². The molecule has 3 heteroatoms. The van der Waals surface area contributed by atoms with Gasteiger partial charge in [0.2, 0.25) is 0 Å². The zero-order valence-corrected chi connectivity index (χ0v) is 11.8. The average Bonchev–Trinajstić information content (AvgIpc) is 2.19. The Balaban J connectivity index is 2.81. The zero-order valence-electron chi connectivity index (χ0n) is 7.36. The predicted molar refractivity (Wildman–Crippen MR) is 51.4 cm³/mol. The molecule has 0 spiro atoms. The normalized spacial score (nSPS) is 10.9. The van der Waals surface area contributed by atoms with Crippen LogP contribution in [0.3, 0.4) is 0 Å². The maximum absolute atomic E-state index is 11.5. The van der Waals surface area contributed by atoms with Gasteiger partial charge in [-0.2, -0.15) is 0 Å². The molecule has 0 atom stereocenters. The van der Waals surface area contributed by atoms with E-state index in [1.807, 2.05) is 18.2 Å². The minimum atomic E-state index is -0.00116. The Hall–Kier alpha value is -0.648. The van der Waals surface area contributed by atoms with Gasteiger partial charge in [-0.1, -0.05) is 0 Å². The van der Waals surface area contributed by atoms with Gasteiger partial charge in [-0.25, -0.2) is 0 Å². The van der Waals surface area contributed by atoms with Crippen LogP contribution < -0.4 is 0 Å². The fraction of sp³-hybridized carbons (Fsp3) is 0.100. The molecule has 1 aromatic carbocycles. The number of carbonyl (C=O) groups excluding carboxylic acids is 1. The van der Waals surface area contributed by atoms with Crippen LogP contribution in [0, 0.1) is 0 Å². The third-order valence-electron chi connectivity index (χ3n) is 1.58. The van der Waals surface area contributed by atoms with Crippen molar-refractivity contribution in [2.24, 2.45) is 0 Å². The molecule has 0 bridgehead atoms. The standard InChI is InChI=1S/C10H10O2.Tl/c1-8(11)7-10(12)9-5-3-2-4-6-9;/h2-7,11H,1H3;/q;+1/p-1. The van der Waals surface area contributed by atoms with Crippen molar-refractivity contribution in [1.29, 1.82) is 0 Å². The Morgan fingerprint density at radius 2 is 2.00 bits per heavy atom. The number of allylic oxidation sites excluding steroid dienone is 2. The van der Waals surface area contributed by atoms with Gasteiger partial charge in [0, 0.05) is 0 Å². The van der Waals surface area contributed by atoms with Crippen molar-refractivity contribution in [3.8, 4) is 0 Å². The fourth-order valence-corrected chi connectivity index (χ4v) is 1.17. The Bertz CT molecular complexity index is 317. The van der Waals surface area contributed by atoms with Crippen LogP contribution in [-0.4, -0.2) is 32.0 Å². The van der Waals surface area contributed by atoms with Crippen LogP contribution in [0.15, 0.2) is 42.2 Å². The van der Waals surface area contributed by atoms with Crippen LogP contribution in [0.5, 0.6) is 0 Å². The van der Waals surface area contributed by atoms with Gasteiger partial charge < -0.3 is 0 Å². The van der Waals surface area contributed by atoms with Crippen LogP contribution in [0.1, 0.15) is 17.3 Å². The van der Waals surface area contributed by atoms with E-state index < -0.39 is 0 Å². The van der Waals surface area contributed by atoms with E-state index in [4.69, 9.17) is 2.69 Å². The number of carbonyl (C=O) groups is 1. The molecule has 64 valence electrons. The van der Waals surface area contributed by atoms with Crippen molar-refractivity contribution in [2.45, 2.75) is 6.92 Å². The maximum atomic E-state index is 11.5. The van der Waals surface area contributed by atoms with Crippen molar-refractivity contribution in [3.05, 3.63) is 47.7 Å². The first-order chi connectivity index (χ1) is 6.24. The molecule has 0 radical (unpaired) electrons. The predicted octanol–water partition coefficient (Wildman–Crippen LogP) is 1.87. The van der Waals surface area contributed by atoms with Gasteiger partial charge in [-0.3, -0.25) is 0 Å². The van der Waals surface area contributed by atoms with E-state index in [1.54, 1.807) is 19.1 Å². The molecule has 0 N–H and O–H groups in total. The van der Waals surface area contributed by atoms with Crippen molar-refractivity contribution in [2.75, 3.05) is 0 Å². The molecule has 0 aliphatic carbocycles. The van der Waals surface area contributed by atoms with Gasteiger partial charge in [0.25, 0.3) is 0 Å². The number of ketones is 1. The van der Waals surface area contributed by atoms with Gasteiger partial charge >= 0.3 is 94.1 Å². The summed E-state index contributed by atoms with van der Waals surface area (Å²) >= 11 is 0.435. The second-order valence-electron chi connectivity index (χ2n) is 2.60. The average molecular weight is 366 g/mol. The first-order valence-corrected chi connectivity index (χ1v) is 5.71. The van der Waals surface area contributed by atoms with Crippen LogP contribution in [0.2, 0.25) is 0 Å². The minimum absolute atomic E-state index is 0.00116. The topological polar surface area (TPSA) is 26.3 Å². The third kappa shape index (κ3) is 3.30. The molecule has 0 aliphatic rings. The van der Waals surface area contributed by atoms with Crippen molar-refractivity contribution in [1.82, 2.24) is 0 Å². The van der Waals surface area contributed by atoms with Crippen LogP contribution in [-0.2, 0) is 2.69 Å². The molecule has 0 saturated heterocycles. The van der Waals surface area contributed by atoms with Crippen LogP contribution in [0.25, 0.3) is 0 Å². The summed E-state index contributed by atoms with van der Waals surface area (Å²) in [7, 11) is 0. The Morgan fingerprint density at radius 3 is 2.54 bits per heavy atom. The molecule has 0 unspecified atom stereocenters. The van der Waals surface area contributed by atoms with Crippen molar-refractivity contribution in [3.63, 3.8) is 0 Å². The monoisotopic (exact) mass is 366 g/mol. The van der Waals surface area contributed by atoms with E-state index in [2.05, 4.69) is 0 Å². The summed E-state index contributed by atoms with van der Waals surface area (Å²) in [6.07, 6.45) is 1.52. The van der Waals surface area contributed by atoms with E-state index in [9.17, 15) is 4.79 Å². The summed E-state index contributed by atoms with van der Waals surface area (Å²) in [6, 6.07) is 9.17. The molecule has 0 aromatic heterocycles. The Labute approximate surface area is 93.9 Å². The van der Waals surface area contributed by atoms with Gasteiger partial charge in [0.1, 0.15) is 0 Å². The summed E-state index contributed by atoms with van der Waals surface area (Å²) in [4.78, 5) is 11.5. The quantitative estimate of drug-likeness (QED) is 0.354. The van der Waals surface area contributed by atoms with Crippen LogP contribution in [0.4, 0.5) is 0 Å². The molecule has 13 heavy (non-hydrogen) atoms. The number of hydrogen-bond donors (Lipinski definition) is 0. The molecule has 0 aliphatic heterocycles. The fourth-order valence-electron chi connectivity index (χ4n) is 0.904.